The van der Waals surface area contributed by atoms with Crippen LogP contribution in [0.25, 0.3) is 0 Å². The van der Waals surface area contributed by atoms with E-state index in [0.29, 0.717) is 5.56 Å². The van der Waals surface area contributed by atoms with Gasteiger partial charge in [0.1, 0.15) is 0 Å². The number of likely N-dealkylation sites (N-methyl/N-ethyl adjacent to an activating group) is 1. The van der Waals surface area contributed by atoms with Gasteiger partial charge in [0, 0.05) is 37.8 Å². The smallest absolute Gasteiger partial charge is 0.254 e. The molecule has 2 rings (SSSR count). The van der Waals surface area contributed by atoms with Crippen molar-refractivity contribution in [1.82, 2.24) is 9.47 Å². The number of hydrogen-bond acceptors (Lipinski definition) is 3. The van der Waals surface area contributed by atoms with E-state index in [2.05, 4.69) is 17.9 Å². The topological polar surface area (TPSA) is 49.0 Å². The minimum atomic E-state index is -0.0183. The summed E-state index contributed by atoms with van der Waals surface area (Å²) in [5.74, 6) is 0. The number of hydrogen-bond donors (Lipinski definition) is 0. The van der Waals surface area contributed by atoms with E-state index in [0.717, 1.165) is 31.7 Å². The first-order valence-electron chi connectivity index (χ1n) is 5.97. The number of fused-ring (bicyclic) bond motifs is 1. The van der Waals surface area contributed by atoms with Crippen LogP contribution in [0.2, 0.25) is 0 Å². The van der Waals surface area contributed by atoms with Crippen molar-refractivity contribution in [3.63, 3.8) is 0 Å². The van der Waals surface area contributed by atoms with Crippen molar-refractivity contribution in [2.75, 3.05) is 13.1 Å². The van der Waals surface area contributed by atoms with Crippen LogP contribution in [0, 0.1) is 11.3 Å². The third kappa shape index (κ3) is 2.11. The van der Waals surface area contributed by atoms with Crippen LogP contribution >= 0.6 is 0 Å². The van der Waals surface area contributed by atoms with Crippen LogP contribution < -0.4 is 5.56 Å². The van der Waals surface area contributed by atoms with E-state index in [1.807, 2.05) is 13.1 Å². The highest BCUT2D eigenvalue weighted by Crippen LogP contribution is 2.17. The van der Waals surface area contributed by atoms with E-state index in [9.17, 15) is 4.79 Å². The van der Waals surface area contributed by atoms with E-state index < -0.39 is 0 Å². The highest BCUT2D eigenvalue weighted by Gasteiger charge is 2.19. The second-order valence-electron chi connectivity index (χ2n) is 4.46. The number of pyridine rings is 1. The molecule has 0 bridgehead atoms. The Morgan fingerprint density at radius 3 is 2.94 bits per heavy atom. The van der Waals surface area contributed by atoms with Gasteiger partial charge in [-0.05, 0) is 18.2 Å². The van der Waals surface area contributed by atoms with Gasteiger partial charge >= 0.3 is 0 Å². The lowest BCUT2D eigenvalue weighted by molar-refractivity contribution is 0.262. The number of nitrogens with zero attached hydrogens (tertiary/aromatic N) is 3. The Morgan fingerprint density at radius 2 is 2.29 bits per heavy atom. The summed E-state index contributed by atoms with van der Waals surface area (Å²) in [6.07, 6.45) is 1.12. The van der Waals surface area contributed by atoms with Crippen LogP contribution in [0.4, 0.5) is 0 Å². The molecule has 1 aliphatic heterocycles. The van der Waals surface area contributed by atoms with Crippen LogP contribution in [-0.4, -0.2) is 22.6 Å². The molecule has 90 valence electrons. The lowest BCUT2D eigenvalue weighted by atomic mass is 10.0. The van der Waals surface area contributed by atoms with Gasteiger partial charge in [-0.2, -0.15) is 5.26 Å². The van der Waals surface area contributed by atoms with Gasteiger partial charge in [0.25, 0.3) is 5.56 Å². The third-order valence-electron chi connectivity index (χ3n) is 3.48. The van der Waals surface area contributed by atoms with Gasteiger partial charge in [-0.15, -0.1) is 0 Å². The maximum atomic E-state index is 12.0. The average Bonchev–Trinajstić information content (AvgIpc) is 2.35. The molecule has 4 nitrogen and oxygen atoms in total. The summed E-state index contributed by atoms with van der Waals surface area (Å²) in [6, 6.07) is 3.98. The molecule has 0 unspecified atom stereocenters. The molecular formula is C13H17N3O. The van der Waals surface area contributed by atoms with E-state index in [4.69, 9.17) is 5.26 Å². The van der Waals surface area contributed by atoms with Gasteiger partial charge in [-0.1, -0.05) is 6.92 Å². The van der Waals surface area contributed by atoms with Gasteiger partial charge in [0.05, 0.1) is 12.5 Å². The maximum absolute atomic E-state index is 12.0. The summed E-state index contributed by atoms with van der Waals surface area (Å²) in [4.78, 5) is 14.3. The van der Waals surface area contributed by atoms with Crippen LogP contribution in [-0.2, 0) is 26.4 Å². The summed E-state index contributed by atoms with van der Waals surface area (Å²) >= 11 is 0. The molecule has 0 fully saturated rings. The quantitative estimate of drug-likeness (QED) is 0.757. The van der Waals surface area contributed by atoms with Gasteiger partial charge in [-0.3, -0.25) is 9.69 Å². The average molecular weight is 231 g/mol. The minimum absolute atomic E-state index is 0.0183. The number of rotatable bonds is 2. The molecule has 4 heteroatoms. The van der Waals surface area contributed by atoms with Crippen molar-refractivity contribution < 1.29 is 0 Å². The summed E-state index contributed by atoms with van der Waals surface area (Å²) < 4.78 is 1.72. The Kier molecular flexibility index (Phi) is 3.30. The molecule has 0 saturated carbocycles. The van der Waals surface area contributed by atoms with Crippen molar-refractivity contribution in [2.45, 2.75) is 26.3 Å². The van der Waals surface area contributed by atoms with Crippen molar-refractivity contribution in [3.8, 4) is 6.07 Å². The van der Waals surface area contributed by atoms with Crippen molar-refractivity contribution in [2.24, 2.45) is 7.05 Å². The summed E-state index contributed by atoms with van der Waals surface area (Å²) in [5.41, 5.74) is 2.92. The van der Waals surface area contributed by atoms with Gasteiger partial charge < -0.3 is 4.57 Å². The van der Waals surface area contributed by atoms with Crippen LogP contribution in [0.3, 0.4) is 0 Å². The zero-order valence-corrected chi connectivity index (χ0v) is 10.4. The van der Waals surface area contributed by atoms with Crippen LogP contribution in [0.1, 0.15) is 23.7 Å². The molecule has 0 saturated heterocycles. The second kappa shape index (κ2) is 4.72. The minimum Gasteiger partial charge on any atom is -0.315 e. The molecular weight excluding hydrogens is 214 g/mol. The standard InChI is InChI=1S/C13H17N3O/c1-3-16-7-5-12-11(9-16)8-10(4-6-14)13(17)15(12)2/h8H,3-5,7,9H2,1-2H3. The van der Waals surface area contributed by atoms with Crippen molar-refractivity contribution >= 4 is 0 Å². The molecule has 1 aliphatic rings. The zero-order valence-electron chi connectivity index (χ0n) is 10.4. The summed E-state index contributed by atoms with van der Waals surface area (Å²) in [7, 11) is 1.81. The molecule has 0 radical (unpaired) electrons. The van der Waals surface area contributed by atoms with Gasteiger partial charge in [0.2, 0.25) is 0 Å². The van der Waals surface area contributed by atoms with E-state index in [1.165, 1.54) is 5.56 Å². The molecule has 0 spiro atoms. The molecule has 0 aliphatic carbocycles. The van der Waals surface area contributed by atoms with Crippen LogP contribution in [0.15, 0.2) is 10.9 Å². The third-order valence-corrected chi connectivity index (χ3v) is 3.48. The fourth-order valence-electron chi connectivity index (χ4n) is 2.44. The Balaban J connectivity index is 2.48. The highest BCUT2D eigenvalue weighted by molar-refractivity contribution is 5.30. The first-order chi connectivity index (χ1) is 8.17. The Hall–Kier alpha value is -1.60. The zero-order chi connectivity index (χ0) is 12.4. The first-order valence-corrected chi connectivity index (χ1v) is 5.97. The van der Waals surface area contributed by atoms with Crippen molar-refractivity contribution in [3.05, 3.63) is 33.2 Å². The molecule has 1 aromatic heterocycles. The molecule has 0 amide bonds. The predicted molar refractivity (Wildman–Crippen MR) is 65.7 cm³/mol. The van der Waals surface area contributed by atoms with Crippen molar-refractivity contribution in [1.29, 1.82) is 5.26 Å². The van der Waals surface area contributed by atoms with E-state index in [-0.39, 0.29) is 12.0 Å². The molecule has 0 atom stereocenters. The Bertz CT molecular complexity index is 525. The Morgan fingerprint density at radius 1 is 1.53 bits per heavy atom. The van der Waals surface area contributed by atoms with Crippen LogP contribution in [0.5, 0.6) is 0 Å². The van der Waals surface area contributed by atoms with Gasteiger partial charge in [-0.25, -0.2) is 0 Å². The second-order valence-corrected chi connectivity index (χ2v) is 4.46. The van der Waals surface area contributed by atoms with E-state index in [1.54, 1.807) is 4.57 Å². The summed E-state index contributed by atoms with van der Waals surface area (Å²) in [5, 5.41) is 8.73. The normalized spacial score (nSPS) is 15.4. The molecule has 17 heavy (non-hydrogen) atoms. The number of nitriles is 1. The monoisotopic (exact) mass is 231 g/mol. The molecule has 2 heterocycles. The molecule has 0 N–H and O–H groups in total. The first kappa shape index (κ1) is 11.9. The summed E-state index contributed by atoms with van der Waals surface area (Å²) in [6.45, 7) is 5.06. The molecule has 0 aromatic carbocycles. The Labute approximate surface area is 101 Å². The SMILES string of the molecule is CCN1CCc2c(cc(CC#N)c(=O)n2C)C1. The van der Waals surface area contributed by atoms with E-state index >= 15 is 0 Å². The fourth-order valence-corrected chi connectivity index (χ4v) is 2.44. The highest BCUT2D eigenvalue weighted by atomic mass is 16.1. The largest absolute Gasteiger partial charge is 0.315 e. The number of aromatic nitrogens is 1. The fraction of sp³-hybridized carbons (Fsp3) is 0.538. The van der Waals surface area contributed by atoms with Gasteiger partial charge in [0.15, 0.2) is 0 Å². The molecule has 1 aromatic rings. The maximum Gasteiger partial charge on any atom is 0.254 e. The lowest BCUT2D eigenvalue weighted by Gasteiger charge is -2.29. The lowest BCUT2D eigenvalue weighted by Crippen LogP contribution is -2.35. The predicted octanol–water partition coefficient (Wildman–Crippen LogP) is 0.829.